The molecule has 1 aliphatic rings. The average Bonchev–Trinajstić information content (AvgIpc) is 3.08. The molecule has 3 amide bonds. The number of carbonyl (C=O) groups is 3. The fraction of sp³-hybridized carbons (Fsp3) is 0.0417. The molecule has 8 heteroatoms. The third kappa shape index (κ3) is 4.79. The summed E-state index contributed by atoms with van der Waals surface area (Å²) in [6, 6.07) is 22.6. The van der Waals surface area contributed by atoms with E-state index in [0.717, 1.165) is 0 Å². The van der Waals surface area contributed by atoms with Gasteiger partial charge in [0, 0.05) is 5.69 Å². The van der Waals surface area contributed by atoms with Gasteiger partial charge in [-0.05, 0) is 48.0 Å². The van der Waals surface area contributed by atoms with Crippen LogP contribution in [0.4, 0.5) is 11.4 Å². The van der Waals surface area contributed by atoms with Crippen LogP contribution in [0, 0.1) is 0 Å². The van der Waals surface area contributed by atoms with Gasteiger partial charge in [0.05, 0.1) is 10.7 Å². The van der Waals surface area contributed by atoms with Crippen LogP contribution in [0.25, 0.3) is 6.08 Å². The van der Waals surface area contributed by atoms with Gasteiger partial charge in [0.15, 0.2) is 6.61 Å². The first-order chi connectivity index (χ1) is 15.5. The molecule has 160 valence electrons. The summed E-state index contributed by atoms with van der Waals surface area (Å²) in [5.41, 5.74) is 4.30. The maximum absolute atomic E-state index is 12.7. The molecule has 0 radical (unpaired) electrons. The SMILES string of the molecule is O=C(COc1ccc(/C=C2/C(=O)NN(c3ccccc3)C2=O)cc1Cl)Nc1ccccc1. The highest BCUT2D eigenvalue weighted by Crippen LogP contribution is 2.28. The van der Waals surface area contributed by atoms with Crippen LogP contribution in [0.15, 0.2) is 84.4 Å². The van der Waals surface area contributed by atoms with E-state index < -0.39 is 11.8 Å². The second kappa shape index (κ2) is 9.36. The Morgan fingerprint density at radius 1 is 1.00 bits per heavy atom. The summed E-state index contributed by atoms with van der Waals surface area (Å²) < 4.78 is 5.49. The topological polar surface area (TPSA) is 87.7 Å². The lowest BCUT2D eigenvalue weighted by atomic mass is 10.1. The lowest BCUT2D eigenvalue weighted by molar-refractivity contribution is -0.118. The van der Waals surface area contributed by atoms with Crippen molar-refractivity contribution in [1.29, 1.82) is 0 Å². The number of hydrogen-bond acceptors (Lipinski definition) is 4. The van der Waals surface area contributed by atoms with Crippen LogP contribution in [0.2, 0.25) is 5.02 Å². The van der Waals surface area contributed by atoms with Gasteiger partial charge >= 0.3 is 0 Å². The number of amides is 3. The normalized spacial score (nSPS) is 14.4. The van der Waals surface area contributed by atoms with Crippen molar-refractivity contribution in [2.24, 2.45) is 0 Å². The summed E-state index contributed by atoms with van der Waals surface area (Å²) in [6.45, 7) is -0.220. The Bertz CT molecular complexity index is 1200. The zero-order valence-corrected chi connectivity index (χ0v) is 17.5. The van der Waals surface area contributed by atoms with E-state index in [1.54, 1.807) is 54.6 Å². The molecule has 0 unspecified atom stereocenters. The summed E-state index contributed by atoms with van der Waals surface area (Å²) in [5.74, 6) is -0.985. The van der Waals surface area contributed by atoms with Crippen LogP contribution in [0.1, 0.15) is 5.56 Å². The minimum atomic E-state index is -0.507. The van der Waals surface area contributed by atoms with Crippen LogP contribution in [-0.2, 0) is 14.4 Å². The Hall–Kier alpha value is -4.10. The van der Waals surface area contributed by atoms with Gasteiger partial charge in [-0.15, -0.1) is 0 Å². The van der Waals surface area contributed by atoms with Crippen molar-refractivity contribution in [2.75, 3.05) is 16.9 Å². The number of para-hydroxylation sites is 2. The van der Waals surface area contributed by atoms with Crippen molar-refractivity contribution in [2.45, 2.75) is 0 Å². The summed E-state index contributed by atoms with van der Waals surface area (Å²) in [4.78, 5) is 37.0. The number of anilines is 2. The van der Waals surface area contributed by atoms with Crippen molar-refractivity contribution >= 4 is 46.8 Å². The highest BCUT2D eigenvalue weighted by molar-refractivity contribution is 6.33. The van der Waals surface area contributed by atoms with Gasteiger partial charge in [-0.2, -0.15) is 0 Å². The van der Waals surface area contributed by atoms with Gasteiger partial charge < -0.3 is 10.1 Å². The third-order valence-electron chi connectivity index (χ3n) is 4.59. The van der Waals surface area contributed by atoms with E-state index in [-0.39, 0.29) is 23.1 Å². The van der Waals surface area contributed by atoms with E-state index in [4.69, 9.17) is 16.3 Å². The Kier molecular flexibility index (Phi) is 6.19. The molecule has 32 heavy (non-hydrogen) atoms. The minimum Gasteiger partial charge on any atom is -0.482 e. The highest BCUT2D eigenvalue weighted by atomic mass is 35.5. The predicted molar refractivity (Wildman–Crippen MR) is 122 cm³/mol. The zero-order valence-electron chi connectivity index (χ0n) is 16.7. The quantitative estimate of drug-likeness (QED) is 0.444. The lowest BCUT2D eigenvalue weighted by Crippen LogP contribution is -2.35. The largest absolute Gasteiger partial charge is 0.482 e. The molecule has 0 aromatic heterocycles. The smallest absolute Gasteiger partial charge is 0.282 e. The number of nitrogens with zero attached hydrogens (tertiary/aromatic N) is 1. The van der Waals surface area contributed by atoms with Gasteiger partial charge in [-0.25, -0.2) is 5.01 Å². The van der Waals surface area contributed by atoms with Crippen LogP contribution >= 0.6 is 11.6 Å². The first-order valence-corrected chi connectivity index (χ1v) is 10.1. The van der Waals surface area contributed by atoms with Crippen LogP contribution in [-0.4, -0.2) is 24.3 Å². The molecule has 0 saturated carbocycles. The maximum atomic E-state index is 12.7. The van der Waals surface area contributed by atoms with Gasteiger partial charge in [-0.3, -0.25) is 19.8 Å². The number of hydrogen-bond donors (Lipinski definition) is 2. The molecule has 0 spiro atoms. The summed E-state index contributed by atoms with van der Waals surface area (Å²) in [5, 5.41) is 4.16. The minimum absolute atomic E-state index is 0.0131. The number of rotatable bonds is 6. The van der Waals surface area contributed by atoms with Gasteiger partial charge in [0.1, 0.15) is 11.3 Å². The summed E-state index contributed by atoms with van der Waals surface area (Å²) in [6.07, 6.45) is 1.46. The Balaban J connectivity index is 1.43. The van der Waals surface area contributed by atoms with Crippen molar-refractivity contribution in [3.8, 4) is 5.75 Å². The van der Waals surface area contributed by atoms with E-state index in [1.807, 2.05) is 24.3 Å². The molecule has 0 bridgehead atoms. The highest BCUT2D eigenvalue weighted by Gasteiger charge is 2.34. The van der Waals surface area contributed by atoms with Gasteiger partial charge in [0.25, 0.3) is 17.7 Å². The second-order valence-corrected chi connectivity index (χ2v) is 7.27. The van der Waals surface area contributed by atoms with E-state index in [0.29, 0.717) is 22.7 Å². The molecule has 3 aromatic rings. The third-order valence-corrected chi connectivity index (χ3v) is 4.88. The molecule has 1 saturated heterocycles. The van der Waals surface area contributed by atoms with E-state index in [2.05, 4.69) is 10.7 Å². The fourth-order valence-electron chi connectivity index (χ4n) is 3.07. The van der Waals surface area contributed by atoms with E-state index in [9.17, 15) is 14.4 Å². The maximum Gasteiger partial charge on any atom is 0.282 e. The molecular weight excluding hydrogens is 430 g/mol. The number of nitrogens with one attached hydrogen (secondary N) is 2. The Morgan fingerprint density at radius 2 is 1.69 bits per heavy atom. The Labute approximate surface area is 189 Å². The molecule has 1 fully saturated rings. The number of halogens is 1. The molecule has 3 aromatic carbocycles. The predicted octanol–water partition coefficient (Wildman–Crippen LogP) is 3.82. The van der Waals surface area contributed by atoms with Gasteiger partial charge in [-0.1, -0.05) is 54.1 Å². The van der Waals surface area contributed by atoms with Crippen LogP contribution in [0.3, 0.4) is 0 Å². The molecule has 7 nitrogen and oxygen atoms in total. The fourth-order valence-corrected chi connectivity index (χ4v) is 3.31. The standard InChI is InChI=1S/C24H18ClN3O4/c25-20-14-16(11-12-21(20)32-15-22(29)26-17-7-3-1-4-8-17)13-19-23(30)27-28(24(19)31)18-9-5-2-6-10-18/h1-14H,15H2,(H,26,29)(H,27,30)/b19-13-. The van der Waals surface area contributed by atoms with Crippen LogP contribution < -0.4 is 20.5 Å². The van der Waals surface area contributed by atoms with Gasteiger partial charge in [0.2, 0.25) is 0 Å². The number of benzene rings is 3. The van der Waals surface area contributed by atoms with Crippen molar-refractivity contribution < 1.29 is 19.1 Å². The Morgan fingerprint density at radius 3 is 2.38 bits per heavy atom. The average molecular weight is 448 g/mol. The number of ether oxygens (including phenoxy) is 1. The molecule has 0 atom stereocenters. The molecular formula is C24H18ClN3O4. The first kappa shape index (κ1) is 21.1. The summed E-state index contributed by atoms with van der Waals surface area (Å²) in [7, 11) is 0. The molecule has 1 heterocycles. The monoisotopic (exact) mass is 447 g/mol. The molecule has 0 aliphatic carbocycles. The van der Waals surface area contributed by atoms with Crippen molar-refractivity contribution in [1.82, 2.24) is 5.43 Å². The zero-order chi connectivity index (χ0) is 22.5. The molecule has 4 rings (SSSR count). The molecule has 1 aliphatic heterocycles. The number of hydrazine groups is 1. The second-order valence-electron chi connectivity index (χ2n) is 6.87. The lowest BCUT2D eigenvalue weighted by Gasteiger charge is -2.13. The van der Waals surface area contributed by atoms with Crippen molar-refractivity contribution in [3.05, 3.63) is 95.0 Å². The van der Waals surface area contributed by atoms with E-state index >= 15 is 0 Å². The van der Waals surface area contributed by atoms with E-state index in [1.165, 1.54) is 11.1 Å². The number of carbonyl (C=O) groups excluding carboxylic acids is 3. The van der Waals surface area contributed by atoms with Crippen LogP contribution in [0.5, 0.6) is 5.75 Å². The molecule has 2 N–H and O–H groups in total. The van der Waals surface area contributed by atoms with Crippen molar-refractivity contribution in [3.63, 3.8) is 0 Å². The summed E-state index contributed by atoms with van der Waals surface area (Å²) >= 11 is 6.27. The first-order valence-electron chi connectivity index (χ1n) is 9.71.